The molecule has 1 aromatic rings. The van der Waals surface area contributed by atoms with Gasteiger partial charge in [0, 0.05) is 24.7 Å². The fourth-order valence-corrected chi connectivity index (χ4v) is 2.82. The van der Waals surface area contributed by atoms with Crippen molar-refractivity contribution in [1.82, 2.24) is 4.90 Å². The van der Waals surface area contributed by atoms with Gasteiger partial charge in [-0.2, -0.15) is 0 Å². The predicted octanol–water partition coefficient (Wildman–Crippen LogP) is 2.21. The molecule has 0 saturated carbocycles. The number of nitro groups is 1. The molecule has 1 fully saturated rings. The number of hydrogen-bond donors (Lipinski definition) is 1. The molecule has 3 atom stereocenters. The number of hydrogen-bond acceptors (Lipinski definition) is 5. The van der Waals surface area contributed by atoms with Gasteiger partial charge >= 0.3 is 5.69 Å². The summed E-state index contributed by atoms with van der Waals surface area (Å²) in [5.74, 6) is 0.198. The molecule has 0 aromatic heterocycles. The van der Waals surface area contributed by atoms with E-state index in [-0.39, 0.29) is 18.0 Å². The molecule has 1 N–H and O–H groups in total. The Kier molecular flexibility index (Phi) is 5.14. The molecule has 2 rings (SSSR count). The number of likely N-dealkylation sites (tertiary alicyclic amines) is 1. The third-order valence-electron chi connectivity index (χ3n) is 4.05. The van der Waals surface area contributed by atoms with Gasteiger partial charge in [0.15, 0.2) is 5.75 Å². The number of aliphatic hydroxyl groups is 1. The molecule has 1 saturated heterocycles. The van der Waals surface area contributed by atoms with Crippen LogP contribution in [-0.2, 0) is 0 Å². The number of nitrogens with zero attached hydrogens (tertiary/aromatic N) is 2. The van der Waals surface area contributed by atoms with Gasteiger partial charge < -0.3 is 9.84 Å². The summed E-state index contributed by atoms with van der Waals surface area (Å²) < 4.78 is 5.42. The van der Waals surface area contributed by atoms with Crippen molar-refractivity contribution in [2.24, 2.45) is 0 Å². The Morgan fingerprint density at radius 2 is 2.00 bits per heavy atom. The number of rotatable bonds is 6. The standard InChI is InChI=1S/C15H22N2O4/c1-11-7-8-12(2)16(11)9-13(18)10-21-15-6-4-3-5-14(15)17(19)20/h3-6,11-13,18H,7-10H2,1-2H3. The average molecular weight is 294 g/mol. The van der Waals surface area contributed by atoms with Gasteiger partial charge in [-0.3, -0.25) is 15.0 Å². The molecule has 1 aliphatic heterocycles. The van der Waals surface area contributed by atoms with E-state index >= 15 is 0 Å². The van der Waals surface area contributed by atoms with Crippen molar-refractivity contribution in [2.75, 3.05) is 13.2 Å². The zero-order chi connectivity index (χ0) is 15.4. The molecular formula is C15H22N2O4. The first kappa shape index (κ1) is 15.7. The molecule has 0 spiro atoms. The molecule has 116 valence electrons. The fraction of sp³-hybridized carbons (Fsp3) is 0.600. The van der Waals surface area contributed by atoms with Gasteiger partial charge in [-0.1, -0.05) is 12.1 Å². The molecule has 0 bridgehead atoms. The van der Waals surface area contributed by atoms with E-state index in [1.165, 1.54) is 6.07 Å². The molecule has 0 aliphatic carbocycles. The van der Waals surface area contributed by atoms with E-state index in [9.17, 15) is 15.2 Å². The first-order chi connectivity index (χ1) is 9.99. The highest BCUT2D eigenvalue weighted by atomic mass is 16.6. The first-order valence-corrected chi connectivity index (χ1v) is 7.29. The van der Waals surface area contributed by atoms with E-state index in [2.05, 4.69) is 18.7 Å². The minimum atomic E-state index is -0.659. The second kappa shape index (κ2) is 6.87. The molecule has 0 radical (unpaired) electrons. The van der Waals surface area contributed by atoms with Gasteiger partial charge in [-0.25, -0.2) is 0 Å². The number of aliphatic hydroxyl groups excluding tert-OH is 1. The minimum absolute atomic E-state index is 0.0563. The van der Waals surface area contributed by atoms with Gasteiger partial charge in [-0.15, -0.1) is 0 Å². The summed E-state index contributed by atoms with van der Waals surface area (Å²) in [5.41, 5.74) is -0.0763. The zero-order valence-electron chi connectivity index (χ0n) is 12.4. The minimum Gasteiger partial charge on any atom is -0.484 e. The van der Waals surface area contributed by atoms with Gasteiger partial charge in [-0.05, 0) is 32.8 Å². The summed E-state index contributed by atoms with van der Waals surface area (Å²) >= 11 is 0. The lowest BCUT2D eigenvalue weighted by atomic mass is 10.2. The van der Waals surface area contributed by atoms with Crippen molar-refractivity contribution >= 4 is 5.69 Å². The van der Waals surface area contributed by atoms with Crippen LogP contribution in [0.2, 0.25) is 0 Å². The van der Waals surface area contributed by atoms with Crippen LogP contribution in [0.4, 0.5) is 5.69 Å². The van der Waals surface area contributed by atoms with Crippen LogP contribution in [0.5, 0.6) is 5.75 Å². The summed E-state index contributed by atoms with van der Waals surface area (Å²) in [6, 6.07) is 7.13. The van der Waals surface area contributed by atoms with Crippen LogP contribution in [0, 0.1) is 10.1 Å². The molecule has 1 heterocycles. The fourth-order valence-electron chi connectivity index (χ4n) is 2.82. The Bertz CT molecular complexity index is 484. The Morgan fingerprint density at radius 1 is 1.38 bits per heavy atom. The molecular weight excluding hydrogens is 272 g/mol. The average Bonchev–Trinajstić information content (AvgIpc) is 2.77. The van der Waals surface area contributed by atoms with Crippen molar-refractivity contribution in [3.05, 3.63) is 34.4 Å². The van der Waals surface area contributed by atoms with Crippen molar-refractivity contribution in [3.8, 4) is 5.75 Å². The zero-order valence-corrected chi connectivity index (χ0v) is 12.4. The highest BCUT2D eigenvalue weighted by Crippen LogP contribution is 2.26. The van der Waals surface area contributed by atoms with Crippen LogP contribution in [0.1, 0.15) is 26.7 Å². The third-order valence-corrected chi connectivity index (χ3v) is 4.05. The van der Waals surface area contributed by atoms with E-state index < -0.39 is 11.0 Å². The lowest BCUT2D eigenvalue weighted by molar-refractivity contribution is -0.385. The Hall–Kier alpha value is -1.66. The van der Waals surface area contributed by atoms with Crippen molar-refractivity contribution in [2.45, 2.75) is 44.9 Å². The second-order valence-corrected chi connectivity index (χ2v) is 5.66. The van der Waals surface area contributed by atoms with E-state index in [1.54, 1.807) is 18.2 Å². The summed E-state index contributed by atoms with van der Waals surface area (Å²) in [6.07, 6.45) is 1.62. The van der Waals surface area contributed by atoms with Crippen LogP contribution in [0.15, 0.2) is 24.3 Å². The highest BCUT2D eigenvalue weighted by molar-refractivity contribution is 5.45. The molecule has 1 aromatic carbocycles. The normalized spacial score (nSPS) is 24.0. The number of β-amino-alcohol motifs (C(OH)–C–C–N with tert-alkyl or cyclic N) is 1. The predicted molar refractivity (Wildman–Crippen MR) is 79.5 cm³/mol. The molecule has 21 heavy (non-hydrogen) atoms. The molecule has 0 amide bonds. The topological polar surface area (TPSA) is 75.8 Å². The molecule has 3 unspecified atom stereocenters. The number of benzene rings is 1. The van der Waals surface area contributed by atoms with Gasteiger partial charge in [0.25, 0.3) is 0 Å². The van der Waals surface area contributed by atoms with Gasteiger partial charge in [0.1, 0.15) is 12.7 Å². The lowest BCUT2D eigenvalue weighted by Crippen LogP contribution is -2.41. The van der Waals surface area contributed by atoms with E-state index in [1.807, 2.05) is 0 Å². The summed E-state index contributed by atoms with van der Waals surface area (Å²) in [4.78, 5) is 12.7. The first-order valence-electron chi connectivity index (χ1n) is 7.29. The largest absolute Gasteiger partial charge is 0.484 e. The van der Waals surface area contributed by atoms with E-state index in [0.29, 0.717) is 18.6 Å². The van der Waals surface area contributed by atoms with Crippen LogP contribution in [0.3, 0.4) is 0 Å². The van der Waals surface area contributed by atoms with E-state index in [0.717, 1.165) is 12.8 Å². The van der Waals surface area contributed by atoms with Crippen molar-refractivity contribution < 1.29 is 14.8 Å². The Morgan fingerprint density at radius 3 is 2.62 bits per heavy atom. The highest BCUT2D eigenvalue weighted by Gasteiger charge is 2.29. The summed E-state index contributed by atoms with van der Waals surface area (Å²) in [7, 11) is 0. The van der Waals surface area contributed by atoms with Crippen LogP contribution >= 0.6 is 0 Å². The lowest BCUT2D eigenvalue weighted by Gasteiger charge is -2.28. The summed E-state index contributed by atoms with van der Waals surface area (Å²) in [5, 5.41) is 21.0. The maximum atomic E-state index is 10.9. The SMILES string of the molecule is CC1CCC(C)N1CC(O)COc1ccccc1[N+](=O)[O-]. The molecule has 6 heteroatoms. The van der Waals surface area contributed by atoms with Crippen molar-refractivity contribution in [3.63, 3.8) is 0 Å². The smallest absolute Gasteiger partial charge is 0.310 e. The number of nitro benzene ring substituents is 1. The van der Waals surface area contributed by atoms with E-state index in [4.69, 9.17) is 4.74 Å². The van der Waals surface area contributed by atoms with Gasteiger partial charge in [0.05, 0.1) is 4.92 Å². The summed E-state index contributed by atoms with van der Waals surface area (Å²) in [6.45, 7) is 4.89. The van der Waals surface area contributed by atoms with Crippen LogP contribution in [0.25, 0.3) is 0 Å². The van der Waals surface area contributed by atoms with Gasteiger partial charge in [0.2, 0.25) is 0 Å². The Labute approximate surface area is 124 Å². The quantitative estimate of drug-likeness (QED) is 0.643. The second-order valence-electron chi connectivity index (χ2n) is 5.66. The monoisotopic (exact) mass is 294 g/mol. The Balaban J connectivity index is 1.89. The maximum absolute atomic E-state index is 10.9. The molecule has 1 aliphatic rings. The van der Waals surface area contributed by atoms with Crippen LogP contribution in [-0.4, -0.2) is 46.3 Å². The third kappa shape index (κ3) is 3.92. The van der Waals surface area contributed by atoms with Crippen LogP contribution < -0.4 is 4.74 Å². The number of ether oxygens (including phenoxy) is 1. The number of para-hydroxylation sites is 2. The van der Waals surface area contributed by atoms with Crippen molar-refractivity contribution in [1.29, 1.82) is 0 Å². The molecule has 6 nitrogen and oxygen atoms in total. The maximum Gasteiger partial charge on any atom is 0.310 e.